The highest BCUT2D eigenvalue weighted by Crippen LogP contribution is 2.06. The van der Waals surface area contributed by atoms with E-state index in [1.54, 1.807) is 6.07 Å². The molecule has 2 rings (SSSR count). The molecule has 0 aromatic carbocycles. The molecule has 0 amide bonds. The summed E-state index contributed by atoms with van der Waals surface area (Å²) in [6.45, 7) is 4.31. The van der Waals surface area contributed by atoms with Crippen LogP contribution in [0, 0.1) is 25.2 Å². The van der Waals surface area contributed by atoms with Crippen LogP contribution in [0.25, 0.3) is 0 Å². The first-order chi connectivity index (χ1) is 8.67. The number of nitrogens with zero attached hydrogens (tertiary/aromatic N) is 4. The molecular weight excluding hydrogens is 226 g/mol. The van der Waals surface area contributed by atoms with Crippen molar-refractivity contribution >= 4 is 5.95 Å². The number of aromatic nitrogens is 3. The third-order valence-corrected chi connectivity index (χ3v) is 2.34. The van der Waals surface area contributed by atoms with Gasteiger partial charge in [-0.2, -0.15) is 5.26 Å². The van der Waals surface area contributed by atoms with Gasteiger partial charge >= 0.3 is 0 Å². The zero-order valence-electron chi connectivity index (χ0n) is 10.3. The van der Waals surface area contributed by atoms with Crippen molar-refractivity contribution in [3.05, 3.63) is 47.0 Å². The Hall–Kier alpha value is -2.48. The molecule has 0 spiro atoms. The maximum absolute atomic E-state index is 8.83. The summed E-state index contributed by atoms with van der Waals surface area (Å²) in [7, 11) is 0. The van der Waals surface area contributed by atoms with Crippen LogP contribution in [-0.4, -0.2) is 15.0 Å². The summed E-state index contributed by atoms with van der Waals surface area (Å²) in [5.41, 5.74) is 3.01. The van der Waals surface area contributed by atoms with E-state index in [4.69, 9.17) is 5.26 Å². The number of hydrogen-bond donors (Lipinski definition) is 1. The van der Waals surface area contributed by atoms with Crippen molar-refractivity contribution in [3.63, 3.8) is 0 Å². The van der Waals surface area contributed by atoms with Crippen LogP contribution in [0.15, 0.2) is 24.3 Å². The van der Waals surface area contributed by atoms with Gasteiger partial charge in [-0.3, -0.25) is 4.98 Å². The van der Waals surface area contributed by atoms with Gasteiger partial charge in [0.25, 0.3) is 0 Å². The summed E-state index contributed by atoms with van der Waals surface area (Å²) in [6.07, 6.45) is 0. The van der Waals surface area contributed by atoms with Crippen LogP contribution in [0.2, 0.25) is 0 Å². The van der Waals surface area contributed by atoms with Crippen LogP contribution in [0.3, 0.4) is 0 Å². The molecule has 1 N–H and O–H groups in total. The highest BCUT2D eigenvalue weighted by Gasteiger charge is 2.02. The lowest BCUT2D eigenvalue weighted by Gasteiger charge is -2.05. The van der Waals surface area contributed by atoms with E-state index in [0.29, 0.717) is 18.2 Å². The van der Waals surface area contributed by atoms with Gasteiger partial charge in [0.05, 0.1) is 12.2 Å². The third kappa shape index (κ3) is 3.01. The Bertz CT molecular complexity index is 601. The number of anilines is 1. The Morgan fingerprint density at radius 3 is 2.72 bits per heavy atom. The van der Waals surface area contributed by atoms with Crippen LogP contribution < -0.4 is 5.32 Å². The minimum atomic E-state index is 0.363. The number of rotatable bonds is 3. The van der Waals surface area contributed by atoms with Gasteiger partial charge in [0.1, 0.15) is 11.8 Å². The highest BCUT2D eigenvalue weighted by atomic mass is 15.1. The minimum Gasteiger partial charge on any atom is -0.349 e. The van der Waals surface area contributed by atoms with Gasteiger partial charge in [-0.15, -0.1) is 0 Å². The first kappa shape index (κ1) is 12.0. The summed E-state index contributed by atoms with van der Waals surface area (Å²) in [5.74, 6) is 0.454. The van der Waals surface area contributed by atoms with Crippen molar-refractivity contribution in [3.8, 4) is 6.07 Å². The molecule has 0 aliphatic carbocycles. The number of aryl methyl sites for hydroxylation is 2. The van der Waals surface area contributed by atoms with Crippen LogP contribution >= 0.6 is 0 Å². The molecule has 0 aliphatic heterocycles. The molecule has 5 heteroatoms. The first-order valence-corrected chi connectivity index (χ1v) is 5.59. The van der Waals surface area contributed by atoms with Crippen molar-refractivity contribution in [2.24, 2.45) is 0 Å². The van der Waals surface area contributed by atoms with E-state index in [-0.39, 0.29) is 0 Å². The molecule has 0 aliphatic rings. The fourth-order valence-electron chi connectivity index (χ4n) is 1.57. The number of nitrogens with one attached hydrogen (secondary N) is 1. The van der Waals surface area contributed by atoms with Crippen molar-refractivity contribution in [2.45, 2.75) is 20.4 Å². The summed E-state index contributed by atoms with van der Waals surface area (Å²) in [6, 6.07) is 9.49. The van der Waals surface area contributed by atoms with Gasteiger partial charge in [0.2, 0.25) is 5.95 Å². The van der Waals surface area contributed by atoms with Crippen molar-refractivity contribution in [1.82, 2.24) is 15.0 Å². The lowest BCUT2D eigenvalue weighted by Crippen LogP contribution is -2.07. The van der Waals surface area contributed by atoms with E-state index in [1.807, 2.05) is 38.1 Å². The van der Waals surface area contributed by atoms with Gasteiger partial charge in [0.15, 0.2) is 0 Å². The van der Waals surface area contributed by atoms with Crippen molar-refractivity contribution < 1.29 is 0 Å². The highest BCUT2D eigenvalue weighted by molar-refractivity contribution is 5.33. The summed E-state index contributed by atoms with van der Waals surface area (Å²) in [4.78, 5) is 12.7. The normalized spacial score (nSPS) is 9.83. The molecule has 90 valence electrons. The topological polar surface area (TPSA) is 74.5 Å². The summed E-state index contributed by atoms with van der Waals surface area (Å²) in [5, 5.41) is 11.9. The summed E-state index contributed by atoms with van der Waals surface area (Å²) < 4.78 is 0. The minimum absolute atomic E-state index is 0.363. The van der Waals surface area contributed by atoms with Crippen LogP contribution in [-0.2, 0) is 6.54 Å². The van der Waals surface area contributed by atoms with Crippen molar-refractivity contribution in [1.29, 1.82) is 5.26 Å². The SMILES string of the molecule is Cc1cccc(CNc2nc(C)cc(C#N)n2)n1. The Morgan fingerprint density at radius 2 is 2.00 bits per heavy atom. The standard InChI is InChI=1S/C13H13N5/c1-9-4-3-5-11(16-9)8-15-13-17-10(2)6-12(7-14)18-13/h3-6H,8H2,1-2H3,(H,15,17,18). The molecule has 0 radical (unpaired) electrons. The van der Waals surface area contributed by atoms with E-state index in [9.17, 15) is 0 Å². The third-order valence-electron chi connectivity index (χ3n) is 2.34. The quantitative estimate of drug-likeness (QED) is 0.886. The van der Waals surface area contributed by atoms with Crippen LogP contribution in [0.1, 0.15) is 22.8 Å². The molecule has 5 nitrogen and oxygen atoms in total. The molecule has 0 bridgehead atoms. The molecule has 2 aromatic rings. The lowest BCUT2D eigenvalue weighted by atomic mass is 10.3. The second-order valence-electron chi connectivity index (χ2n) is 3.95. The second-order valence-corrected chi connectivity index (χ2v) is 3.95. The van der Waals surface area contributed by atoms with Gasteiger partial charge in [-0.1, -0.05) is 6.07 Å². The van der Waals surface area contributed by atoms with E-state index in [2.05, 4.69) is 20.3 Å². The molecule has 2 aromatic heterocycles. The van der Waals surface area contributed by atoms with Crippen LogP contribution in [0.5, 0.6) is 0 Å². The van der Waals surface area contributed by atoms with Crippen LogP contribution in [0.4, 0.5) is 5.95 Å². The van der Waals surface area contributed by atoms with E-state index in [0.717, 1.165) is 17.1 Å². The molecule has 18 heavy (non-hydrogen) atoms. The van der Waals surface area contributed by atoms with Gasteiger partial charge in [-0.25, -0.2) is 9.97 Å². The maximum Gasteiger partial charge on any atom is 0.224 e. The lowest BCUT2D eigenvalue weighted by molar-refractivity contribution is 0.970. The Labute approximate surface area is 106 Å². The van der Waals surface area contributed by atoms with Gasteiger partial charge in [0, 0.05) is 11.4 Å². The number of nitriles is 1. The fraction of sp³-hybridized carbons (Fsp3) is 0.231. The average Bonchev–Trinajstić information content (AvgIpc) is 2.36. The number of hydrogen-bond acceptors (Lipinski definition) is 5. The largest absolute Gasteiger partial charge is 0.349 e. The van der Waals surface area contributed by atoms with E-state index >= 15 is 0 Å². The molecule has 0 fully saturated rings. The maximum atomic E-state index is 8.83. The molecular formula is C13H13N5. The Balaban J connectivity index is 2.11. The zero-order valence-corrected chi connectivity index (χ0v) is 10.3. The first-order valence-electron chi connectivity index (χ1n) is 5.59. The Kier molecular flexibility index (Phi) is 3.49. The molecule has 0 saturated heterocycles. The number of pyridine rings is 1. The van der Waals surface area contributed by atoms with Crippen molar-refractivity contribution in [2.75, 3.05) is 5.32 Å². The predicted molar refractivity (Wildman–Crippen MR) is 67.8 cm³/mol. The monoisotopic (exact) mass is 239 g/mol. The molecule has 0 atom stereocenters. The molecule has 0 saturated carbocycles. The Morgan fingerprint density at radius 1 is 1.17 bits per heavy atom. The second kappa shape index (κ2) is 5.23. The fourth-order valence-corrected chi connectivity index (χ4v) is 1.57. The average molecular weight is 239 g/mol. The summed E-state index contributed by atoms with van der Waals surface area (Å²) >= 11 is 0. The van der Waals surface area contributed by atoms with E-state index < -0.39 is 0 Å². The van der Waals surface area contributed by atoms with Gasteiger partial charge < -0.3 is 5.32 Å². The van der Waals surface area contributed by atoms with E-state index in [1.165, 1.54) is 0 Å². The smallest absolute Gasteiger partial charge is 0.224 e. The zero-order chi connectivity index (χ0) is 13.0. The van der Waals surface area contributed by atoms with Gasteiger partial charge in [-0.05, 0) is 32.0 Å². The molecule has 0 unspecified atom stereocenters. The predicted octanol–water partition coefficient (Wildman–Crippen LogP) is 1.97. The molecule has 2 heterocycles.